The number of aryl methyl sites for hydroxylation is 2. The molecule has 1 saturated carbocycles. The van der Waals surface area contributed by atoms with Gasteiger partial charge < -0.3 is 20.3 Å². The minimum atomic E-state index is -1.11. The first kappa shape index (κ1) is 26.9. The lowest BCUT2D eigenvalue weighted by Gasteiger charge is -2.38. The Hall–Kier alpha value is -2.67. The zero-order valence-corrected chi connectivity index (χ0v) is 23.6. The van der Waals surface area contributed by atoms with Crippen LogP contribution in [-0.2, 0) is 19.1 Å². The van der Waals surface area contributed by atoms with E-state index in [2.05, 4.69) is 38.3 Å². The van der Waals surface area contributed by atoms with Crippen LogP contribution in [0.4, 0.5) is 5.69 Å². The van der Waals surface area contributed by atoms with E-state index >= 15 is 0 Å². The molecule has 2 saturated heterocycles. The van der Waals surface area contributed by atoms with E-state index in [1.54, 1.807) is 4.90 Å². The highest BCUT2D eigenvalue weighted by Gasteiger charge is 2.72. The summed E-state index contributed by atoms with van der Waals surface area (Å²) in [5, 5.41) is 6.35. The van der Waals surface area contributed by atoms with Crippen LogP contribution >= 0.6 is 0 Å². The third kappa shape index (κ3) is 4.47. The van der Waals surface area contributed by atoms with E-state index in [-0.39, 0.29) is 23.8 Å². The van der Waals surface area contributed by atoms with E-state index in [0.29, 0.717) is 30.0 Å². The maximum atomic E-state index is 14.0. The summed E-state index contributed by atoms with van der Waals surface area (Å²) in [7, 11) is 0. The predicted molar refractivity (Wildman–Crippen MR) is 147 cm³/mol. The minimum Gasteiger partial charge on any atom is -0.359 e. The molecule has 7 heteroatoms. The van der Waals surface area contributed by atoms with Crippen LogP contribution in [-0.4, -0.2) is 53.0 Å². The Morgan fingerprint density at radius 1 is 1.13 bits per heavy atom. The number of ether oxygens (including phenoxy) is 1. The Morgan fingerprint density at radius 3 is 2.61 bits per heavy atom. The fourth-order valence-electron chi connectivity index (χ4n) is 7.00. The molecule has 1 spiro atoms. The summed E-state index contributed by atoms with van der Waals surface area (Å²) < 4.78 is 6.48. The fraction of sp³-hybridized carbons (Fsp3) is 0.645. The van der Waals surface area contributed by atoms with Crippen LogP contribution in [0, 0.1) is 43.4 Å². The number of nitrogens with one attached hydrogen (secondary N) is 2. The van der Waals surface area contributed by atoms with E-state index < -0.39 is 29.6 Å². The first-order valence-electron chi connectivity index (χ1n) is 14.4. The van der Waals surface area contributed by atoms with Gasteiger partial charge in [0.15, 0.2) is 0 Å². The zero-order chi connectivity index (χ0) is 27.4. The average Bonchev–Trinajstić information content (AvgIpc) is 3.50. The summed E-state index contributed by atoms with van der Waals surface area (Å²) in [6, 6.07) is 5.11. The predicted octanol–water partition coefficient (Wildman–Crippen LogP) is 4.38. The highest BCUT2D eigenvalue weighted by molar-refractivity contribution is 6.02. The molecule has 0 unspecified atom stereocenters. The standard InChI is InChI=1S/C31H43N3O4/c1-17(2)13-15-34-27(29(36)33-23-9-7-8-19(4)21(23)6)31-14-12-24(38-31)25(26(31)30(34)37)28(35)32-22-11-10-18(3)20(5)16-22/h10-12,14,16-17,19,21,23-27H,7-9,13,15H2,1-6H3,(H,32,35)(H,33,36)/t19-,21-,23-,24-,25+,26-,27-,31-/m1/s1. The van der Waals surface area contributed by atoms with Gasteiger partial charge in [-0.2, -0.15) is 0 Å². The topological polar surface area (TPSA) is 87.7 Å². The lowest BCUT2D eigenvalue weighted by atomic mass is 9.73. The van der Waals surface area contributed by atoms with E-state index in [1.807, 2.05) is 44.2 Å². The molecule has 3 heterocycles. The number of hydrogen-bond donors (Lipinski definition) is 2. The number of benzene rings is 1. The van der Waals surface area contributed by atoms with Gasteiger partial charge in [-0.05, 0) is 67.7 Å². The van der Waals surface area contributed by atoms with Crippen molar-refractivity contribution in [3.63, 3.8) is 0 Å². The van der Waals surface area contributed by atoms with Gasteiger partial charge in [0.25, 0.3) is 0 Å². The molecule has 2 N–H and O–H groups in total. The molecule has 4 aliphatic rings. The third-order valence-corrected chi connectivity index (χ3v) is 9.68. The Balaban J connectivity index is 1.43. The largest absolute Gasteiger partial charge is 0.359 e. The molecule has 1 aliphatic carbocycles. The van der Waals surface area contributed by atoms with Gasteiger partial charge in [-0.15, -0.1) is 0 Å². The lowest BCUT2D eigenvalue weighted by molar-refractivity contribution is -0.141. The van der Waals surface area contributed by atoms with Crippen LogP contribution in [0.2, 0.25) is 0 Å². The summed E-state index contributed by atoms with van der Waals surface area (Å²) >= 11 is 0. The highest BCUT2D eigenvalue weighted by Crippen LogP contribution is 2.55. The molecule has 0 aromatic heterocycles. The number of carbonyl (C=O) groups is 3. The molecule has 206 valence electrons. The number of carbonyl (C=O) groups excluding carboxylic acids is 3. The van der Waals surface area contributed by atoms with Crippen LogP contribution < -0.4 is 10.6 Å². The smallest absolute Gasteiger partial charge is 0.246 e. The van der Waals surface area contributed by atoms with Crippen molar-refractivity contribution in [1.29, 1.82) is 0 Å². The van der Waals surface area contributed by atoms with Gasteiger partial charge in [-0.1, -0.05) is 58.8 Å². The number of amides is 3. The summed E-state index contributed by atoms with van der Waals surface area (Å²) in [4.78, 5) is 43.4. The Kier molecular flexibility index (Phi) is 7.18. The minimum absolute atomic E-state index is 0.0789. The van der Waals surface area contributed by atoms with Crippen molar-refractivity contribution in [2.75, 3.05) is 11.9 Å². The van der Waals surface area contributed by atoms with Crippen LogP contribution in [0.5, 0.6) is 0 Å². The van der Waals surface area contributed by atoms with Crippen LogP contribution in [0.25, 0.3) is 0 Å². The normalized spacial score (nSPS) is 35.6. The molecule has 2 bridgehead atoms. The molecular formula is C31H43N3O4. The maximum Gasteiger partial charge on any atom is 0.246 e. The average molecular weight is 522 g/mol. The first-order chi connectivity index (χ1) is 18.0. The number of fused-ring (bicyclic) bond motifs is 1. The molecular weight excluding hydrogens is 478 g/mol. The molecule has 3 amide bonds. The highest BCUT2D eigenvalue weighted by atomic mass is 16.5. The lowest BCUT2D eigenvalue weighted by Crippen LogP contribution is -2.58. The van der Waals surface area contributed by atoms with Crippen molar-refractivity contribution in [3.05, 3.63) is 41.5 Å². The van der Waals surface area contributed by atoms with Crippen molar-refractivity contribution < 1.29 is 19.1 Å². The second kappa shape index (κ2) is 10.1. The molecule has 38 heavy (non-hydrogen) atoms. The van der Waals surface area contributed by atoms with Crippen molar-refractivity contribution in [2.24, 2.45) is 29.6 Å². The zero-order valence-electron chi connectivity index (χ0n) is 23.6. The second-order valence-electron chi connectivity index (χ2n) is 12.6. The van der Waals surface area contributed by atoms with E-state index in [9.17, 15) is 14.4 Å². The summed E-state index contributed by atoms with van der Waals surface area (Å²) in [5.74, 6) is -0.646. The summed E-state index contributed by atoms with van der Waals surface area (Å²) in [6.45, 7) is 13.2. The number of rotatable bonds is 7. The first-order valence-corrected chi connectivity index (χ1v) is 14.4. The molecule has 5 rings (SSSR count). The van der Waals surface area contributed by atoms with E-state index in [0.717, 1.165) is 30.4 Å². The van der Waals surface area contributed by atoms with E-state index in [4.69, 9.17) is 4.74 Å². The Labute approximate surface area is 226 Å². The van der Waals surface area contributed by atoms with Crippen LogP contribution in [0.3, 0.4) is 0 Å². The van der Waals surface area contributed by atoms with Crippen molar-refractivity contribution in [2.45, 2.75) is 91.0 Å². The second-order valence-corrected chi connectivity index (χ2v) is 12.6. The molecule has 8 atom stereocenters. The van der Waals surface area contributed by atoms with Gasteiger partial charge in [-0.3, -0.25) is 14.4 Å². The summed E-state index contributed by atoms with van der Waals surface area (Å²) in [6.07, 6.45) is 7.24. The number of anilines is 1. The van der Waals surface area contributed by atoms with Gasteiger partial charge in [-0.25, -0.2) is 0 Å². The van der Waals surface area contributed by atoms with E-state index in [1.165, 1.54) is 6.42 Å². The van der Waals surface area contributed by atoms with Gasteiger partial charge >= 0.3 is 0 Å². The molecule has 3 aliphatic heterocycles. The number of nitrogens with zero attached hydrogens (tertiary/aromatic N) is 1. The van der Waals surface area contributed by atoms with Crippen molar-refractivity contribution >= 4 is 23.4 Å². The molecule has 1 aromatic carbocycles. The molecule has 7 nitrogen and oxygen atoms in total. The molecule has 0 radical (unpaired) electrons. The molecule has 1 aromatic rings. The van der Waals surface area contributed by atoms with Gasteiger partial charge in [0.1, 0.15) is 11.6 Å². The maximum absolute atomic E-state index is 14.0. The fourth-order valence-corrected chi connectivity index (χ4v) is 7.00. The SMILES string of the molecule is Cc1ccc(NC(=O)[C@H]2[C@H]3C=C[C@@]4(O3)[C@H]2C(=O)N(CCC(C)C)[C@@H]4C(=O)N[C@@H]2CCC[C@@H](C)[C@H]2C)cc1C. The van der Waals surface area contributed by atoms with Gasteiger partial charge in [0.2, 0.25) is 17.7 Å². The quantitative estimate of drug-likeness (QED) is 0.522. The Bertz CT molecular complexity index is 1150. The Morgan fingerprint density at radius 2 is 1.89 bits per heavy atom. The monoisotopic (exact) mass is 521 g/mol. The van der Waals surface area contributed by atoms with Gasteiger partial charge in [0.05, 0.1) is 17.9 Å². The number of likely N-dealkylation sites (tertiary alicyclic amines) is 1. The molecule has 3 fully saturated rings. The van der Waals surface area contributed by atoms with Crippen LogP contribution in [0.1, 0.15) is 64.5 Å². The van der Waals surface area contributed by atoms with Crippen molar-refractivity contribution in [3.8, 4) is 0 Å². The van der Waals surface area contributed by atoms with Gasteiger partial charge in [0, 0.05) is 18.3 Å². The van der Waals surface area contributed by atoms with Crippen LogP contribution in [0.15, 0.2) is 30.4 Å². The summed E-state index contributed by atoms with van der Waals surface area (Å²) in [5.41, 5.74) is 1.83. The van der Waals surface area contributed by atoms with Crippen molar-refractivity contribution in [1.82, 2.24) is 10.2 Å². The third-order valence-electron chi connectivity index (χ3n) is 9.68. The number of hydrogen-bond acceptors (Lipinski definition) is 4.